The number of likely N-dealkylation sites (N-methyl/N-ethyl adjacent to an activating group) is 1. The number of halogens is 2. The molecule has 1 aromatic carbocycles. The van der Waals surface area contributed by atoms with Crippen LogP contribution in [0.5, 0.6) is 0 Å². The van der Waals surface area contributed by atoms with Crippen molar-refractivity contribution < 1.29 is 23.0 Å². The number of imidazole rings is 1. The van der Waals surface area contributed by atoms with Crippen LogP contribution < -0.4 is 10.2 Å². The number of hydrogen-bond acceptors (Lipinski definition) is 8. The number of carbonyl (C=O) groups is 1. The highest BCUT2D eigenvalue weighted by atomic mass is 19.3. The Morgan fingerprint density at radius 2 is 1.85 bits per heavy atom. The van der Waals surface area contributed by atoms with Gasteiger partial charge in [-0.1, -0.05) is 12.1 Å². The Hall–Kier alpha value is -3.38. The monoisotopic (exact) mass is 557 g/mol. The Balaban J connectivity index is 1.36. The van der Waals surface area contributed by atoms with E-state index in [1.54, 1.807) is 37.4 Å². The van der Waals surface area contributed by atoms with E-state index in [-0.39, 0.29) is 24.4 Å². The van der Waals surface area contributed by atoms with E-state index in [9.17, 15) is 13.6 Å². The number of methoxy groups -OCH3 is 1. The van der Waals surface area contributed by atoms with Crippen molar-refractivity contribution >= 4 is 28.7 Å². The second kappa shape index (κ2) is 12.9. The smallest absolute Gasteiger partial charge is 0.296 e. The fraction of sp³-hybridized carbons (Fsp3) is 0.571. The van der Waals surface area contributed by atoms with E-state index in [0.717, 1.165) is 25.7 Å². The molecule has 0 spiro atoms. The van der Waals surface area contributed by atoms with E-state index in [1.165, 1.54) is 4.57 Å². The molecular formula is C28H37F2N7O3. The fourth-order valence-corrected chi connectivity index (χ4v) is 5.74. The summed E-state index contributed by atoms with van der Waals surface area (Å²) in [6.45, 7) is 5.89. The molecule has 1 aliphatic carbocycles. The zero-order valence-electron chi connectivity index (χ0n) is 23.1. The third kappa shape index (κ3) is 6.17. The molecular weight excluding hydrogens is 520 g/mol. The van der Waals surface area contributed by atoms with Gasteiger partial charge in [-0.25, -0.2) is 13.8 Å². The number of amides is 1. The maximum absolute atomic E-state index is 14.1. The topological polar surface area (TPSA) is 97.6 Å². The number of rotatable bonds is 10. The molecule has 3 aromatic rings. The number of fused-ring (bicyclic) bond motifs is 1. The van der Waals surface area contributed by atoms with Crippen molar-refractivity contribution in [2.75, 3.05) is 63.3 Å². The van der Waals surface area contributed by atoms with Crippen LogP contribution in [0.15, 0.2) is 30.3 Å². The lowest BCUT2D eigenvalue weighted by Gasteiger charge is -2.36. The van der Waals surface area contributed by atoms with Gasteiger partial charge in [0.15, 0.2) is 5.82 Å². The van der Waals surface area contributed by atoms with Gasteiger partial charge in [-0.05, 0) is 50.7 Å². The van der Waals surface area contributed by atoms with Crippen molar-refractivity contribution in [3.63, 3.8) is 0 Å². The maximum Gasteiger partial charge on any atom is 0.296 e. The van der Waals surface area contributed by atoms with Gasteiger partial charge in [-0.2, -0.15) is 9.97 Å². The van der Waals surface area contributed by atoms with Crippen molar-refractivity contribution in [2.45, 2.75) is 45.1 Å². The van der Waals surface area contributed by atoms with Gasteiger partial charge in [0.25, 0.3) is 6.43 Å². The molecule has 40 heavy (non-hydrogen) atoms. The van der Waals surface area contributed by atoms with Crippen molar-refractivity contribution in [3.05, 3.63) is 36.2 Å². The molecule has 0 radical (unpaired) electrons. The van der Waals surface area contributed by atoms with Gasteiger partial charge in [0.05, 0.1) is 24.2 Å². The molecule has 1 saturated carbocycles. The van der Waals surface area contributed by atoms with Gasteiger partial charge >= 0.3 is 0 Å². The minimum absolute atomic E-state index is 0.0302. The van der Waals surface area contributed by atoms with Gasteiger partial charge in [-0.15, -0.1) is 0 Å². The number of aromatic nitrogens is 4. The number of alkyl halides is 2. The molecule has 2 fully saturated rings. The average molecular weight is 558 g/mol. The summed E-state index contributed by atoms with van der Waals surface area (Å²) < 4.78 is 40.2. The first-order chi connectivity index (χ1) is 19.5. The summed E-state index contributed by atoms with van der Waals surface area (Å²) in [6.07, 6.45) is 1.01. The largest absolute Gasteiger partial charge is 0.378 e. The van der Waals surface area contributed by atoms with Gasteiger partial charge < -0.3 is 24.6 Å². The number of nitrogens with one attached hydrogen (secondary N) is 1. The number of hydrogen-bond donors (Lipinski definition) is 1. The van der Waals surface area contributed by atoms with Crippen LogP contribution in [-0.4, -0.2) is 89.5 Å². The quantitative estimate of drug-likeness (QED) is 0.399. The number of morpholine rings is 1. The van der Waals surface area contributed by atoms with Crippen molar-refractivity contribution in [3.8, 4) is 5.82 Å². The molecule has 2 aliphatic rings. The molecule has 3 heterocycles. The van der Waals surface area contributed by atoms with Crippen LogP contribution in [0.25, 0.3) is 16.9 Å². The zero-order valence-corrected chi connectivity index (χ0v) is 23.1. The van der Waals surface area contributed by atoms with Crippen LogP contribution in [0.1, 0.15) is 44.9 Å². The third-order valence-corrected chi connectivity index (χ3v) is 7.78. The predicted octanol–water partition coefficient (Wildman–Crippen LogP) is 4.06. The molecule has 0 unspecified atom stereocenters. The molecule has 0 bridgehead atoms. The van der Waals surface area contributed by atoms with E-state index in [4.69, 9.17) is 19.4 Å². The summed E-state index contributed by atoms with van der Waals surface area (Å²) in [5.74, 6) is 1.47. The van der Waals surface area contributed by atoms with Crippen LogP contribution in [0.3, 0.4) is 0 Å². The number of para-hydroxylation sites is 2. The second-order valence-electron chi connectivity index (χ2n) is 10.3. The summed E-state index contributed by atoms with van der Waals surface area (Å²) in [5, 5.41) is 3.39. The molecule has 1 N–H and O–H groups in total. The average Bonchev–Trinajstić information content (AvgIpc) is 3.38. The minimum atomic E-state index is -2.76. The minimum Gasteiger partial charge on any atom is -0.378 e. The number of nitrogens with zero attached hydrogens (tertiary/aromatic N) is 6. The second-order valence-corrected chi connectivity index (χ2v) is 10.3. The standard InChI is InChI=1S/C28H37F2N7O3/c1-3-36(25(38)18-39-2)20-10-8-19(9-11-20)17-31-28-33-23(35-12-14-40-15-13-35)16-24(34-28)37-22-7-5-4-6-21(22)32-27(37)26(29)30/h4-7,16,19-20,26H,3,8-15,17-18H2,1-2H3,(H,31,33,34)/t19-,20-. The lowest BCUT2D eigenvalue weighted by Crippen LogP contribution is -2.44. The Morgan fingerprint density at radius 1 is 1.12 bits per heavy atom. The molecule has 12 heteroatoms. The first kappa shape index (κ1) is 28.2. The van der Waals surface area contributed by atoms with Crippen molar-refractivity contribution in [1.29, 1.82) is 0 Å². The number of ether oxygens (including phenoxy) is 2. The Kier molecular flexibility index (Phi) is 9.05. The molecule has 1 aliphatic heterocycles. The number of carbonyl (C=O) groups excluding carboxylic acids is 1. The van der Waals surface area contributed by atoms with E-state index in [1.807, 2.05) is 11.8 Å². The zero-order chi connectivity index (χ0) is 28.1. The fourth-order valence-electron chi connectivity index (χ4n) is 5.74. The van der Waals surface area contributed by atoms with Gasteiger partial charge in [-0.3, -0.25) is 9.36 Å². The molecule has 1 amide bonds. The van der Waals surface area contributed by atoms with E-state index >= 15 is 0 Å². The molecule has 1 saturated heterocycles. The van der Waals surface area contributed by atoms with Gasteiger partial charge in [0.1, 0.15) is 18.2 Å². The van der Waals surface area contributed by atoms with Crippen LogP contribution in [0, 0.1) is 5.92 Å². The molecule has 5 rings (SSSR count). The highest BCUT2D eigenvalue weighted by Crippen LogP contribution is 2.31. The number of benzene rings is 1. The lowest BCUT2D eigenvalue weighted by molar-refractivity contribution is -0.138. The first-order valence-corrected chi connectivity index (χ1v) is 14.0. The summed E-state index contributed by atoms with van der Waals surface area (Å²) in [7, 11) is 1.54. The summed E-state index contributed by atoms with van der Waals surface area (Å²) in [6, 6.07) is 9.05. The SMILES string of the molecule is CCN(C(=O)COC)[C@H]1CC[C@H](CNc2nc(N3CCOCC3)cc(-n3c(C(F)F)nc4ccccc43)n2)CC1. The Bertz CT molecular complexity index is 1290. The summed E-state index contributed by atoms with van der Waals surface area (Å²) >= 11 is 0. The molecule has 2 aromatic heterocycles. The van der Waals surface area contributed by atoms with E-state index in [0.29, 0.717) is 73.9 Å². The Labute approximate surface area is 232 Å². The normalized spacial score (nSPS) is 19.8. The highest BCUT2D eigenvalue weighted by Gasteiger charge is 2.28. The van der Waals surface area contributed by atoms with E-state index < -0.39 is 6.43 Å². The van der Waals surface area contributed by atoms with Crippen molar-refractivity contribution in [1.82, 2.24) is 24.4 Å². The number of anilines is 2. The summed E-state index contributed by atoms with van der Waals surface area (Å²) in [5.41, 5.74) is 1.05. The van der Waals surface area contributed by atoms with E-state index in [2.05, 4.69) is 15.2 Å². The maximum atomic E-state index is 14.1. The molecule has 216 valence electrons. The predicted molar refractivity (Wildman–Crippen MR) is 148 cm³/mol. The summed E-state index contributed by atoms with van der Waals surface area (Å²) in [4.78, 5) is 30.1. The van der Waals surface area contributed by atoms with Crippen LogP contribution in [0.4, 0.5) is 20.5 Å². The van der Waals surface area contributed by atoms with Gasteiger partial charge in [0, 0.05) is 45.4 Å². The highest BCUT2D eigenvalue weighted by molar-refractivity contribution is 5.78. The molecule has 0 atom stereocenters. The lowest BCUT2D eigenvalue weighted by atomic mass is 9.85. The Morgan fingerprint density at radius 3 is 2.55 bits per heavy atom. The van der Waals surface area contributed by atoms with Crippen LogP contribution >= 0.6 is 0 Å². The van der Waals surface area contributed by atoms with Crippen LogP contribution in [0.2, 0.25) is 0 Å². The van der Waals surface area contributed by atoms with Crippen molar-refractivity contribution in [2.24, 2.45) is 5.92 Å². The third-order valence-electron chi connectivity index (χ3n) is 7.78. The van der Waals surface area contributed by atoms with Crippen LogP contribution in [-0.2, 0) is 14.3 Å². The molecule has 10 nitrogen and oxygen atoms in total. The van der Waals surface area contributed by atoms with Gasteiger partial charge in [0.2, 0.25) is 11.9 Å². The first-order valence-electron chi connectivity index (χ1n) is 14.0.